The van der Waals surface area contributed by atoms with E-state index in [1.54, 1.807) is 13.2 Å². The lowest BCUT2D eigenvalue weighted by molar-refractivity contribution is 0.0904. The molecule has 0 bridgehead atoms. The first-order chi connectivity index (χ1) is 8.53. The van der Waals surface area contributed by atoms with Crippen molar-refractivity contribution in [2.75, 3.05) is 12.4 Å². The summed E-state index contributed by atoms with van der Waals surface area (Å²) in [6.45, 7) is 4.39. The summed E-state index contributed by atoms with van der Waals surface area (Å²) >= 11 is 0. The van der Waals surface area contributed by atoms with Crippen LogP contribution in [0.1, 0.15) is 43.6 Å². The van der Waals surface area contributed by atoms with Gasteiger partial charge in [0.25, 0.3) is 5.91 Å². The van der Waals surface area contributed by atoms with Crippen LogP contribution in [0.25, 0.3) is 0 Å². The first kappa shape index (κ1) is 12.8. The van der Waals surface area contributed by atoms with E-state index < -0.39 is 0 Å². The van der Waals surface area contributed by atoms with E-state index in [0.29, 0.717) is 11.5 Å². The Hall–Kier alpha value is -1.65. The van der Waals surface area contributed by atoms with Gasteiger partial charge in [-0.1, -0.05) is 20.3 Å². The van der Waals surface area contributed by atoms with Crippen LogP contribution < -0.4 is 10.6 Å². The van der Waals surface area contributed by atoms with E-state index in [4.69, 9.17) is 0 Å². The van der Waals surface area contributed by atoms with E-state index in [1.165, 1.54) is 12.6 Å². The van der Waals surface area contributed by atoms with Gasteiger partial charge in [0.2, 0.25) is 0 Å². The second kappa shape index (κ2) is 4.92. The van der Waals surface area contributed by atoms with Crippen molar-refractivity contribution in [3.05, 3.63) is 18.1 Å². The molecule has 1 aromatic heterocycles. The van der Waals surface area contributed by atoms with Gasteiger partial charge in [-0.3, -0.25) is 9.78 Å². The maximum absolute atomic E-state index is 12.1. The van der Waals surface area contributed by atoms with Gasteiger partial charge in [-0.25, -0.2) is 4.98 Å². The van der Waals surface area contributed by atoms with Crippen LogP contribution >= 0.6 is 0 Å². The quantitative estimate of drug-likeness (QED) is 0.856. The van der Waals surface area contributed by atoms with Crippen molar-refractivity contribution in [1.82, 2.24) is 15.3 Å². The molecule has 5 nitrogen and oxygen atoms in total. The zero-order chi connectivity index (χ0) is 13.2. The third-order valence-electron chi connectivity index (χ3n) is 3.69. The SMILES string of the molecule is CNc1cncc(C(=O)NC2CCCC2(C)C)n1. The summed E-state index contributed by atoms with van der Waals surface area (Å²) in [7, 11) is 1.76. The molecule has 2 rings (SSSR count). The summed E-state index contributed by atoms with van der Waals surface area (Å²) < 4.78 is 0. The van der Waals surface area contributed by atoms with Crippen molar-refractivity contribution >= 4 is 11.7 Å². The number of nitrogens with zero attached hydrogens (tertiary/aromatic N) is 2. The third-order valence-corrected chi connectivity index (χ3v) is 3.69. The fourth-order valence-electron chi connectivity index (χ4n) is 2.42. The fraction of sp³-hybridized carbons (Fsp3) is 0.615. The van der Waals surface area contributed by atoms with Crippen molar-refractivity contribution in [3.8, 4) is 0 Å². The molecule has 1 fully saturated rings. The minimum Gasteiger partial charge on any atom is -0.372 e. The molecule has 1 unspecified atom stereocenters. The van der Waals surface area contributed by atoms with Crippen molar-refractivity contribution in [2.45, 2.75) is 39.2 Å². The number of rotatable bonds is 3. The predicted molar refractivity (Wildman–Crippen MR) is 70.5 cm³/mol. The zero-order valence-corrected chi connectivity index (χ0v) is 11.2. The first-order valence-electron chi connectivity index (χ1n) is 6.33. The minimum absolute atomic E-state index is 0.139. The molecule has 1 aliphatic carbocycles. The van der Waals surface area contributed by atoms with Crippen molar-refractivity contribution < 1.29 is 4.79 Å². The molecule has 18 heavy (non-hydrogen) atoms. The molecule has 0 aliphatic heterocycles. The molecule has 1 aromatic rings. The summed E-state index contributed by atoms with van der Waals surface area (Å²) in [5.41, 5.74) is 0.536. The number of carbonyl (C=O) groups is 1. The van der Waals surface area contributed by atoms with E-state index in [1.807, 2.05) is 0 Å². The van der Waals surface area contributed by atoms with Crippen LogP contribution in [0.4, 0.5) is 5.82 Å². The second-order valence-corrected chi connectivity index (χ2v) is 5.45. The van der Waals surface area contributed by atoms with Crippen LogP contribution in [0.3, 0.4) is 0 Å². The van der Waals surface area contributed by atoms with Crippen LogP contribution in [-0.2, 0) is 0 Å². The summed E-state index contributed by atoms with van der Waals surface area (Å²) in [4.78, 5) is 20.3. The average Bonchev–Trinajstić information content (AvgIpc) is 2.69. The van der Waals surface area contributed by atoms with Gasteiger partial charge in [0.15, 0.2) is 0 Å². The number of anilines is 1. The highest BCUT2D eigenvalue weighted by Gasteiger charge is 2.35. The maximum Gasteiger partial charge on any atom is 0.271 e. The van der Waals surface area contributed by atoms with Crippen LogP contribution in [0, 0.1) is 5.41 Å². The molecule has 1 amide bonds. The lowest BCUT2D eigenvalue weighted by Gasteiger charge is -2.27. The Bertz CT molecular complexity index is 444. The van der Waals surface area contributed by atoms with E-state index in [0.717, 1.165) is 12.8 Å². The largest absolute Gasteiger partial charge is 0.372 e. The Labute approximate surface area is 107 Å². The molecule has 0 saturated heterocycles. The zero-order valence-electron chi connectivity index (χ0n) is 11.2. The van der Waals surface area contributed by atoms with E-state index in [9.17, 15) is 4.79 Å². The van der Waals surface area contributed by atoms with Crippen LogP contribution in [0.2, 0.25) is 0 Å². The Kier molecular flexibility index (Phi) is 3.50. The predicted octanol–water partition coefficient (Wildman–Crippen LogP) is 1.83. The van der Waals surface area contributed by atoms with Gasteiger partial charge in [0, 0.05) is 13.1 Å². The summed E-state index contributed by atoms with van der Waals surface area (Å²) in [6.07, 6.45) is 6.45. The topological polar surface area (TPSA) is 66.9 Å². The summed E-state index contributed by atoms with van der Waals surface area (Å²) in [5.74, 6) is 0.466. The highest BCUT2D eigenvalue weighted by Crippen LogP contribution is 2.37. The first-order valence-corrected chi connectivity index (χ1v) is 6.33. The van der Waals surface area contributed by atoms with Crippen molar-refractivity contribution in [2.24, 2.45) is 5.41 Å². The van der Waals surface area contributed by atoms with Gasteiger partial charge in [0.05, 0.1) is 12.4 Å². The highest BCUT2D eigenvalue weighted by atomic mass is 16.2. The van der Waals surface area contributed by atoms with Gasteiger partial charge in [0.1, 0.15) is 11.5 Å². The standard InChI is InChI=1S/C13H20N4O/c1-13(2)6-4-5-10(13)17-12(18)9-7-15-8-11(14-3)16-9/h7-8,10H,4-6H2,1-3H3,(H,14,16)(H,17,18). The number of hydrogen-bond acceptors (Lipinski definition) is 4. The lowest BCUT2D eigenvalue weighted by atomic mass is 9.87. The monoisotopic (exact) mass is 248 g/mol. The lowest BCUT2D eigenvalue weighted by Crippen LogP contribution is -2.41. The van der Waals surface area contributed by atoms with Gasteiger partial charge in [-0.2, -0.15) is 0 Å². The minimum atomic E-state index is -0.139. The summed E-state index contributed by atoms with van der Waals surface area (Å²) in [6, 6.07) is 0.227. The third kappa shape index (κ3) is 2.60. The summed E-state index contributed by atoms with van der Waals surface area (Å²) in [5, 5.41) is 5.95. The number of nitrogens with one attached hydrogen (secondary N) is 2. The Balaban J connectivity index is 2.07. The van der Waals surface area contributed by atoms with Crippen molar-refractivity contribution in [3.63, 3.8) is 0 Å². The molecule has 1 aliphatic rings. The molecular weight excluding hydrogens is 228 g/mol. The molecule has 98 valence electrons. The Morgan fingerprint density at radius 1 is 1.44 bits per heavy atom. The van der Waals surface area contributed by atoms with Crippen LogP contribution in [0.5, 0.6) is 0 Å². The number of aromatic nitrogens is 2. The van der Waals surface area contributed by atoms with Gasteiger partial charge in [-0.05, 0) is 18.3 Å². The van der Waals surface area contributed by atoms with E-state index in [2.05, 4.69) is 34.4 Å². The fourth-order valence-corrected chi connectivity index (χ4v) is 2.42. The van der Waals surface area contributed by atoms with E-state index in [-0.39, 0.29) is 17.4 Å². The highest BCUT2D eigenvalue weighted by molar-refractivity contribution is 5.92. The number of hydrogen-bond donors (Lipinski definition) is 2. The molecule has 0 radical (unpaired) electrons. The Morgan fingerprint density at radius 3 is 2.83 bits per heavy atom. The van der Waals surface area contributed by atoms with Gasteiger partial charge < -0.3 is 10.6 Å². The molecule has 0 spiro atoms. The molecule has 1 heterocycles. The molecule has 5 heteroatoms. The molecular formula is C13H20N4O. The molecule has 1 atom stereocenters. The smallest absolute Gasteiger partial charge is 0.271 e. The van der Waals surface area contributed by atoms with Crippen molar-refractivity contribution in [1.29, 1.82) is 0 Å². The van der Waals surface area contributed by atoms with Crippen LogP contribution in [0.15, 0.2) is 12.4 Å². The molecule has 1 saturated carbocycles. The molecule has 0 aromatic carbocycles. The normalized spacial score (nSPS) is 21.6. The maximum atomic E-state index is 12.1. The van der Waals surface area contributed by atoms with Gasteiger partial charge >= 0.3 is 0 Å². The van der Waals surface area contributed by atoms with E-state index >= 15 is 0 Å². The van der Waals surface area contributed by atoms with Crippen LogP contribution in [-0.4, -0.2) is 29.0 Å². The molecule has 2 N–H and O–H groups in total. The van der Waals surface area contributed by atoms with Gasteiger partial charge in [-0.15, -0.1) is 0 Å². The second-order valence-electron chi connectivity index (χ2n) is 5.45. The number of carbonyl (C=O) groups excluding carboxylic acids is 1. The average molecular weight is 248 g/mol. The Morgan fingerprint density at radius 2 is 2.22 bits per heavy atom. The number of amides is 1.